The zero-order valence-electron chi connectivity index (χ0n) is 10.6. The molecular formula is C15H16N2OS. The van der Waals surface area contributed by atoms with Gasteiger partial charge in [-0.3, -0.25) is 4.79 Å². The van der Waals surface area contributed by atoms with Crippen molar-refractivity contribution in [3.63, 3.8) is 0 Å². The summed E-state index contributed by atoms with van der Waals surface area (Å²) in [6.45, 7) is 0.825. The van der Waals surface area contributed by atoms with Crippen LogP contribution in [0, 0.1) is 0 Å². The van der Waals surface area contributed by atoms with E-state index in [0.29, 0.717) is 6.04 Å². The SMILES string of the molecule is O=C(NC1CC1)c1ccc(NCc2cccs2)cc1. The molecule has 1 aromatic carbocycles. The van der Waals surface area contributed by atoms with Crippen LogP contribution in [0.5, 0.6) is 0 Å². The lowest BCUT2D eigenvalue weighted by Crippen LogP contribution is -2.25. The molecule has 1 fully saturated rings. The molecule has 1 aliphatic rings. The van der Waals surface area contributed by atoms with Gasteiger partial charge < -0.3 is 10.6 Å². The lowest BCUT2D eigenvalue weighted by atomic mass is 10.2. The minimum atomic E-state index is 0.0345. The van der Waals surface area contributed by atoms with Crippen molar-refractivity contribution in [3.05, 3.63) is 52.2 Å². The predicted molar refractivity (Wildman–Crippen MR) is 78.6 cm³/mol. The van der Waals surface area contributed by atoms with E-state index in [0.717, 1.165) is 30.6 Å². The highest BCUT2D eigenvalue weighted by atomic mass is 32.1. The van der Waals surface area contributed by atoms with Crippen molar-refractivity contribution in [2.45, 2.75) is 25.4 Å². The van der Waals surface area contributed by atoms with Crippen LogP contribution in [0.4, 0.5) is 5.69 Å². The molecule has 1 aliphatic carbocycles. The Bertz CT molecular complexity index is 544. The molecular weight excluding hydrogens is 256 g/mol. The number of amides is 1. The third kappa shape index (κ3) is 3.35. The molecule has 3 nitrogen and oxygen atoms in total. The Hall–Kier alpha value is -1.81. The molecule has 0 saturated heterocycles. The highest BCUT2D eigenvalue weighted by Crippen LogP contribution is 2.20. The first-order valence-electron chi connectivity index (χ1n) is 6.48. The van der Waals surface area contributed by atoms with Gasteiger partial charge in [-0.2, -0.15) is 0 Å². The molecule has 0 radical (unpaired) electrons. The first kappa shape index (κ1) is 12.2. The minimum Gasteiger partial charge on any atom is -0.380 e. The molecule has 1 amide bonds. The second-order valence-corrected chi connectivity index (χ2v) is 5.79. The fraction of sp³-hybridized carbons (Fsp3) is 0.267. The quantitative estimate of drug-likeness (QED) is 0.877. The van der Waals surface area contributed by atoms with Crippen LogP contribution in [0.1, 0.15) is 28.1 Å². The molecule has 0 atom stereocenters. The molecule has 19 heavy (non-hydrogen) atoms. The van der Waals surface area contributed by atoms with Gasteiger partial charge in [-0.15, -0.1) is 11.3 Å². The fourth-order valence-electron chi connectivity index (χ4n) is 1.84. The summed E-state index contributed by atoms with van der Waals surface area (Å²) in [5.41, 5.74) is 1.77. The minimum absolute atomic E-state index is 0.0345. The Morgan fingerprint density at radius 3 is 2.63 bits per heavy atom. The van der Waals surface area contributed by atoms with Gasteiger partial charge in [0.05, 0.1) is 0 Å². The van der Waals surface area contributed by atoms with Gasteiger partial charge in [-0.1, -0.05) is 6.07 Å². The van der Waals surface area contributed by atoms with E-state index in [4.69, 9.17) is 0 Å². The lowest BCUT2D eigenvalue weighted by Gasteiger charge is -2.07. The summed E-state index contributed by atoms with van der Waals surface area (Å²) in [6.07, 6.45) is 2.23. The Morgan fingerprint density at radius 2 is 2.00 bits per heavy atom. The van der Waals surface area contributed by atoms with Gasteiger partial charge in [0.2, 0.25) is 0 Å². The standard InChI is InChI=1S/C15H16N2OS/c18-15(17-13-7-8-13)11-3-5-12(6-4-11)16-10-14-2-1-9-19-14/h1-6,9,13,16H,7-8,10H2,(H,17,18). The van der Waals surface area contributed by atoms with Crippen LogP contribution < -0.4 is 10.6 Å². The Kier molecular flexibility index (Phi) is 3.51. The summed E-state index contributed by atoms with van der Waals surface area (Å²) in [5, 5.41) is 8.40. The maximum atomic E-state index is 11.8. The summed E-state index contributed by atoms with van der Waals surface area (Å²) in [4.78, 5) is 13.1. The van der Waals surface area contributed by atoms with Crippen molar-refractivity contribution >= 4 is 22.9 Å². The van der Waals surface area contributed by atoms with E-state index in [-0.39, 0.29) is 5.91 Å². The van der Waals surface area contributed by atoms with Gasteiger partial charge >= 0.3 is 0 Å². The van der Waals surface area contributed by atoms with Crippen LogP contribution in [0.25, 0.3) is 0 Å². The average molecular weight is 272 g/mol. The second kappa shape index (κ2) is 5.45. The molecule has 4 heteroatoms. The molecule has 2 N–H and O–H groups in total. The van der Waals surface area contributed by atoms with E-state index in [1.807, 2.05) is 30.3 Å². The van der Waals surface area contributed by atoms with E-state index in [9.17, 15) is 4.79 Å². The lowest BCUT2D eigenvalue weighted by molar-refractivity contribution is 0.0951. The maximum absolute atomic E-state index is 11.8. The summed E-state index contributed by atoms with van der Waals surface area (Å²) in [7, 11) is 0. The number of anilines is 1. The van der Waals surface area contributed by atoms with Gasteiger partial charge in [0, 0.05) is 28.7 Å². The van der Waals surface area contributed by atoms with E-state index >= 15 is 0 Å². The molecule has 0 spiro atoms. The molecule has 98 valence electrons. The first-order chi connectivity index (χ1) is 9.31. The molecule has 0 bridgehead atoms. The van der Waals surface area contributed by atoms with E-state index in [2.05, 4.69) is 22.1 Å². The highest BCUT2D eigenvalue weighted by molar-refractivity contribution is 7.09. The number of carbonyl (C=O) groups excluding carboxylic acids is 1. The third-order valence-corrected chi connectivity index (χ3v) is 3.98. The third-order valence-electron chi connectivity index (χ3n) is 3.11. The average Bonchev–Trinajstić information content (AvgIpc) is 3.09. The van der Waals surface area contributed by atoms with Gasteiger partial charge in [-0.25, -0.2) is 0 Å². The number of hydrogen-bond acceptors (Lipinski definition) is 3. The van der Waals surface area contributed by atoms with Crippen molar-refractivity contribution in [2.75, 3.05) is 5.32 Å². The summed E-state index contributed by atoms with van der Waals surface area (Å²) < 4.78 is 0. The van der Waals surface area contributed by atoms with Crippen molar-refractivity contribution in [2.24, 2.45) is 0 Å². The van der Waals surface area contributed by atoms with Crippen LogP contribution in [0.15, 0.2) is 41.8 Å². The van der Waals surface area contributed by atoms with Gasteiger partial charge in [0.15, 0.2) is 0 Å². The number of rotatable bonds is 5. The van der Waals surface area contributed by atoms with E-state index < -0.39 is 0 Å². The molecule has 3 rings (SSSR count). The topological polar surface area (TPSA) is 41.1 Å². The first-order valence-corrected chi connectivity index (χ1v) is 7.36. The summed E-state index contributed by atoms with van der Waals surface area (Å²) >= 11 is 1.74. The Balaban J connectivity index is 1.57. The summed E-state index contributed by atoms with van der Waals surface area (Å²) in [5.74, 6) is 0.0345. The largest absolute Gasteiger partial charge is 0.380 e. The number of benzene rings is 1. The van der Waals surface area contributed by atoms with Gasteiger partial charge in [0.1, 0.15) is 0 Å². The number of nitrogens with one attached hydrogen (secondary N) is 2. The molecule has 2 aromatic rings. The molecule has 0 unspecified atom stereocenters. The fourth-order valence-corrected chi connectivity index (χ4v) is 2.48. The van der Waals surface area contributed by atoms with Crippen molar-refractivity contribution in [1.82, 2.24) is 5.32 Å². The number of hydrogen-bond donors (Lipinski definition) is 2. The Labute approximate surface area is 116 Å². The van der Waals surface area contributed by atoms with E-state index in [1.165, 1.54) is 4.88 Å². The zero-order chi connectivity index (χ0) is 13.1. The van der Waals surface area contributed by atoms with Crippen molar-refractivity contribution in [1.29, 1.82) is 0 Å². The molecule has 0 aliphatic heterocycles. The number of thiophene rings is 1. The van der Waals surface area contributed by atoms with E-state index in [1.54, 1.807) is 11.3 Å². The Morgan fingerprint density at radius 1 is 1.21 bits per heavy atom. The van der Waals surface area contributed by atoms with Crippen LogP contribution in [0.3, 0.4) is 0 Å². The second-order valence-electron chi connectivity index (χ2n) is 4.76. The monoisotopic (exact) mass is 272 g/mol. The van der Waals surface area contributed by atoms with Crippen molar-refractivity contribution in [3.8, 4) is 0 Å². The van der Waals surface area contributed by atoms with Crippen LogP contribution >= 0.6 is 11.3 Å². The predicted octanol–water partition coefficient (Wildman–Crippen LogP) is 3.25. The van der Waals surface area contributed by atoms with Crippen LogP contribution in [-0.4, -0.2) is 11.9 Å². The van der Waals surface area contributed by atoms with Gasteiger partial charge in [-0.05, 0) is 48.6 Å². The van der Waals surface area contributed by atoms with Gasteiger partial charge in [0.25, 0.3) is 5.91 Å². The normalized spacial score (nSPS) is 14.1. The zero-order valence-corrected chi connectivity index (χ0v) is 11.4. The van der Waals surface area contributed by atoms with Crippen LogP contribution in [-0.2, 0) is 6.54 Å². The molecule has 1 saturated carbocycles. The van der Waals surface area contributed by atoms with Crippen molar-refractivity contribution < 1.29 is 4.79 Å². The smallest absolute Gasteiger partial charge is 0.251 e. The number of carbonyl (C=O) groups is 1. The van der Waals surface area contributed by atoms with Crippen LogP contribution in [0.2, 0.25) is 0 Å². The molecule has 1 heterocycles. The highest BCUT2D eigenvalue weighted by Gasteiger charge is 2.23. The maximum Gasteiger partial charge on any atom is 0.251 e. The molecule has 1 aromatic heterocycles. The summed E-state index contributed by atoms with van der Waals surface area (Å²) in [6, 6.07) is 12.2.